The van der Waals surface area contributed by atoms with Crippen molar-refractivity contribution >= 4 is 9.84 Å². The zero-order valence-corrected chi connectivity index (χ0v) is 11.3. The Kier molecular flexibility index (Phi) is 3.80. The third-order valence-electron chi connectivity index (χ3n) is 3.79. The fraction of sp³-hybridized carbons (Fsp3) is 0.538. The normalized spacial score (nSPS) is 28.8. The summed E-state index contributed by atoms with van der Waals surface area (Å²) in [6, 6.07) is 1.62. The van der Waals surface area contributed by atoms with Gasteiger partial charge in [-0.25, -0.2) is 18.4 Å². The molecule has 1 aliphatic carbocycles. The number of nitrogens with zero attached hydrogens (tertiary/aromatic N) is 2. The third kappa shape index (κ3) is 2.32. The van der Waals surface area contributed by atoms with Crippen molar-refractivity contribution in [2.75, 3.05) is 0 Å². The zero-order chi connectivity index (χ0) is 13.2. The van der Waals surface area contributed by atoms with Gasteiger partial charge in [0.2, 0.25) is 15.0 Å². The average Bonchev–Trinajstić information content (AvgIpc) is 2.40. The molecule has 0 aromatic carbocycles. The minimum Gasteiger partial charge on any atom is -0.227 e. The maximum absolute atomic E-state index is 12.5. The van der Waals surface area contributed by atoms with Crippen molar-refractivity contribution in [2.24, 2.45) is 11.8 Å². The number of sulfone groups is 1. The molecule has 2 rings (SSSR count). The second kappa shape index (κ2) is 5.18. The summed E-state index contributed by atoms with van der Waals surface area (Å²) in [5.74, 6) is 0.340. The van der Waals surface area contributed by atoms with Gasteiger partial charge in [0.25, 0.3) is 0 Å². The first-order valence-electron chi connectivity index (χ1n) is 6.21. The van der Waals surface area contributed by atoms with Gasteiger partial charge in [-0.2, -0.15) is 0 Å². The minimum atomic E-state index is -3.42. The van der Waals surface area contributed by atoms with E-state index in [1.54, 1.807) is 6.07 Å². The Labute approximate surface area is 108 Å². The quantitative estimate of drug-likeness (QED) is 0.622. The Hall–Kier alpha value is -1.23. The zero-order valence-electron chi connectivity index (χ0n) is 10.5. The van der Waals surface area contributed by atoms with Gasteiger partial charge in [-0.05, 0) is 30.7 Å². The molecular formula is C13H18N2O2S. The van der Waals surface area contributed by atoms with Gasteiger partial charge in [0.1, 0.15) is 0 Å². The molecule has 0 aliphatic heterocycles. The molecule has 1 aliphatic rings. The Balaban J connectivity index is 2.33. The summed E-state index contributed by atoms with van der Waals surface area (Å²) in [4.78, 5) is 7.77. The highest BCUT2D eigenvalue weighted by Gasteiger charge is 2.39. The van der Waals surface area contributed by atoms with Crippen LogP contribution in [-0.2, 0) is 9.84 Å². The topological polar surface area (TPSA) is 59.9 Å². The molecule has 0 spiro atoms. The van der Waals surface area contributed by atoms with Crippen LogP contribution in [0.4, 0.5) is 0 Å². The summed E-state index contributed by atoms with van der Waals surface area (Å²) in [5, 5.41) is -0.441. The summed E-state index contributed by atoms with van der Waals surface area (Å²) < 4.78 is 25.0. The molecule has 0 radical (unpaired) electrons. The van der Waals surface area contributed by atoms with Crippen LogP contribution in [0.15, 0.2) is 36.3 Å². The highest BCUT2D eigenvalue weighted by atomic mass is 32.2. The lowest BCUT2D eigenvalue weighted by Gasteiger charge is -2.33. The van der Waals surface area contributed by atoms with Crippen LogP contribution >= 0.6 is 0 Å². The van der Waals surface area contributed by atoms with Crippen molar-refractivity contribution in [3.8, 4) is 0 Å². The molecule has 0 unspecified atom stereocenters. The maximum Gasteiger partial charge on any atom is 0.247 e. The molecule has 1 aromatic heterocycles. The molecule has 18 heavy (non-hydrogen) atoms. The van der Waals surface area contributed by atoms with E-state index in [0.29, 0.717) is 6.42 Å². The van der Waals surface area contributed by atoms with Crippen LogP contribution < -0.4 is 0 Å². The first-order chi connectivity index (χ1) is 8.57. The molecule has 98 valence electrons. The smallest absolute Gasteiger partial charge is 0.227 e. The van der Waals surface area contributed by atoms with Crippen LogP contribution in [0.2, 0.25) is 0 Å². The van der Waals surface area contributed by atoms with Gasteiger partial charge in [-0.1, -0.05) is 19.4 Å². The molecule has 0 saturated heterocycles. The minimum absolute atomic E-state index is 0.0495. The number of aromatic nitrogens is 2. The van der Waals surface area contributed by atoms with E-state index in [1.807, 2.05) is 13.0 Å². The molecular weight excluding hydrogens is 248 g/mol. The number of rotatable bonds is 3. The van der Waals surface area contributed by atoms with Gasteiger partial charge in [0.05, 0.1) is 5.25 Å². The van der Waals surface area contributed by atoms with Crippen molar-refractivity contribution in [1.82, 2.24) is 9.97 Å². The largest absolute Gasteiger partial charge is 0.247 e. The Morgan fingerprint density at radius 1 is 1.33 bits per heavy atom. The Morgan fingerprint density at radius 3 is 2.61 bits per heavy atom. The molecule has 1 aromatic rings. The highest BCUT2D eigenvalue weighted by molar-refractivity contribution is 7.91. The predicted octanol–water partition coefficient (Wildman–Crippen LogP) is 2.24. The van der Waals surface area contributed by atoms with E-state index in [4.69, 9.17) is 0 Å². The third-order valence-corrected chi connectivity index (χ3v) is 5.97. The van der Waals surface area contributed by atoms with Crippen LogP contribution in [-0.4, -0.2) is 23.6 Å². The van der Waals surface area contributed by atoms with Crippen molar-refractivity contribution in [2.45, 2.75) is 36.6 Å². The van der Waals surface area contributed by atoms with Crippen LogP contribution in [0.1, 0.15) is 26.2 Å². The molecule has 1 saturated carbocycles. The van der Waals surface area contributed by atoms with Gasteiger partial charge >= 0.3 is 0 Å². The fourth-order valence-electron chi connectivity index (χ4n) is 2.69. The summed E-state index contributed by atoms with van der Waals surface area (Å²) in [6.45, 7) is 5.78. The second-order valence-electron chi connectivity index (χ2n) is 4.80. The highest BCUT2D eigenvalue weighted by Crippen LogP contribution is 2.36. The number of allylic oxidation sites excluding steroid dienone is 1. The lowest BCUT2D eigenvalue weighted by atomic mass is 9.80. The average molecular weight is 266 g/mol. The Bertz CT molecular complexity index is 513. The van der Waals surface area contributed by atoms with Gasteiger partial charge in [0, 0.05) is 12.4 Å². The molecule has 4 nitrogen and oxygen atoms in total. The molecule has 1 heterocycles. The lowest BCUT2D eigenvalue weighted by Crippen LogP contribution is -2.36. The molecule has 5 heteroatoms. The van der Waals surface area contributed by atoms with Crippen molar-refractivity contribution in [1.29, 1.82) is 0 Å². The summed E-state index contributed by atoms with van der Waals surface area (Å²) >= 11 is 0. The SMILES string of the molecule is C=C[C@@H]1CCC[C@@H](S(=O)(=O)c2ncccn2)[C@H]1C. The van der Waals surface area contributed by atoms with E-state index in [2.05, 4.69) is 16.5 Å². The second-order valence-corrected chi connectivity index (χ2v) is 6.87. The maximum atomic E-state index is 12.5. The van der Waals surface area contributed by atoms with Crippen LogP contribution in [0.3, 0.4) is 0 Å². The molecule has 1 fully saturated rings. The molecule has 0 N–H and O–H groups in total. The van der Waals surface area contributed by atoms with E-state index < -0.39 is 15.1 Å². The summed E-state index contributed by atoms with van der Waals surface area (Å²) in [6.07, 6.45) is 7.44. The van der Waals surface area contributed by atoms with Gasteiger partial charge < -0.3 is 0 Å². The van der Waals surface area contributed by atoms with Gasteiger partial charge in [-0.3, -0.25) is 0 Å². The van der Waals surface area contributed by atoms with E-state index in [-0.39, 0.29) is 17.0 Å². The molecule has 0 amide bonds. The lowest BCUT2D eigenvalue weighted by molar-refractivity contribution is 0.306. The summed E-state index contributed by atoms with van der Waals surface area (Å²) in [5.41, 5.74) is 0. The van der Waals surface area contributed by atoms with Crippen molar-refractivity contribution in [3.63, 3.8) is 0 Å². The van der Waals surface area contributed by atoms with E-state index in [0.717, 1.165) is 12.8 Å². The van der Waals surface area contributed by atoms with Gasteiger partial charge in [-0.15, -0.1) is 6.58 Å². The van der Waals surface area contributed by atoms with Crippen LogP contribution in [0.5, 0.6) is 0 Å². The van der Waals surface area contributed by atoms with Gasteiger partial charge in [0.15, 0.2) is 0 Å². The number of hydrogen-bond donors (Lipinski definition) is 0. The molecule has 0 bridgehead atoms. The first-order valence-corrected chi connectivity index (χ1v) is 7.75. The standard InChI is InChI=1S/C13H18N2O2S/c1-3-11-6-4-7-12(10(11)2)18(16,17)13-14-8-5-9-15-13/h3,5,8-12H,1,4,6-7H2,2H3/t10-,11+,12+/m0/s1. The fourth-order valence-corrected chi connectivity index (χ4v) is 4.62. The number of hydrogen-bond acceptors (Lipinski definition) is 4. The van der Waals surface area contributed by atoms with E-state index >= 15 is 0 Å². The van der Waals surface area contributed by atoms with Crippen molar-refractivity contribution < 1.29 is 8.42 Å². The van der Waals surface area contributed by atoms with Crippen molar-refractivity contribution in [3.05, 3.63) is 31.1 Å². The summed E-state index contributed by atoms with van der Waals surface area (Å²) in [7, 11) is -3.42. The van der Waals surface area contributed by atoms with E-state index in [9.17, 15) is 8.42 Å². The van der Waals surface area contributed by atoms with Crippen LogP contribution in [0.25, 0.3) is 0 Å². The van der Waals surface area contributed by atoms with Crippen LogP contribution in [0, 0.1) is 11.8 Å². The first kappa shape index (κ1) is 13.2. The van der Waals surface area contributed by atoms with E-state index in [1.165, 1.54) is 12.4 Å². The monoisotopic (exact) mass is 266 g/mol. The Morgan fingerprint density at radius 2 is 2.00 bits per heavy atom. The molecule has 3 atom stereocenters. The predicted molar refractivity (Wildman–Crippen MR) is 69.7 cm³/mol.